The Bertz CT molecular complexity index is 1010. The number of thiophene rings is 1. The van der Waals surface area contributed by atoms with E-state index in [0.717, 1.165) is 39.0 Å². The van der Waals surface area contributed by atoms with Gasteiger partial charge in [0, 0.05) is 57.0 Å². The van der Waals surface area contributed by atoms with E-state index in [9.17, 15) is 9.59 Å². The average Bonchev–Trinajstić information content (AvgIpc) is 3.12. The third kappa shape index (κ3) is 5.89. The highest BCUT2D eigenvalue weighted by molar-refractivity contribution is 7.10. The molecule has 0 spiro atoms. The molecule has 1 aromatic carbocycles. The van der Waals surface area contributed by atoms with E-state index in [-0.39, 0.29) is 23.3 Å². The molecule has 4 rings (SSSR count). The van der Waals surface area contributed by atoms with Crippen LogP contribution in [0, 0.1) is 12.3 Å². The molecule has 34 heavy (non-hydrogen) atoms. The summed E-state index contributed by atoms with van der Waals surface area (Å²) >= 11 is 1.85. The van der Waals surface area contributed by atoms with Gasteiger partial charge in [-0.15, -0.1) is 11.3 Å². The van der Waals surface area contributed by atoms with Gasteiger partial charge in [-0.1, -0.05) is 45.0 Å². The molecule has 3 heterocycles. The van der Waals surface area contributed by atoms with E-state index in [0.29, 0.717) is 25.9 Å². The van der Waals surface area contributed by atoms with Crippen LogP contribution in [0.5, 0.6) is 0 Å². The van der Waals surface area contributed by atoms with Crippen molar-refractivity contribution in [3.05, 3.63) is 57.3 Å². The van der Waals surface area contributed by atoms with Gasteiger partial charge in [-0.25, -0.2) is 0 Å². The Labute approximate surface area is 208 Å². The van der Waals surface area contributed by atoms with Gasteiger partial charge in [0.2, 0.25) is 11.8 Å². The summed E-state index contributed by atoms with van der Waals surface area (Å²) in [5.41, 5.74) is 4.04. The number of benzene rings is 1. The highest BCUT2D eigenvalue weighted by atomic mass is 32.1. The van der Waals surface area contributed by atoms with Gasteiger partial charge in [0.25, 0.3) is 0 Å². The first-order chi connectivity index (χ1) is 16.2. The number of fused-ring (bicyclic) bond motifs is 1. The first-order valence-electron chi connectivity index (χ1n) is 12.6. The summed E-state index contributed by atoms with van der Waals surface area (Å²) in [5, 5.41) is 2.20. The molecular weight excluding hydrogens is 442 g/mol. The third-order valence-corrected chi connectivity index (χ3v) is 8.04. The van der Waals surface area contributed by atoms with Gasteiger partial charge in [0.1, 0.15) is 0 Å². The predicted molar refractivity (Wildman–Crippen MR) is 139 cm³/mol. The molecule has 0 aliphatic carbocycles. The van der Waals surface area contributed by atoms with Crippen LogP contribution in [0.2, 0.25) is 0 Å². The Morgan fingerprint density at radius 3 is 2.35 bits per heavy atom. The van der Waals surface area contributed by atoms with E-state index in [2.05, 4.69) is 68.3 Å². The van der Waals surface area contributed by atoms with Crippen molar-refractivity contribution in [1.29, 1.82) is 0 Å². The fourth-order valence-electron chi connectivity index (χ4n) is 5.25. The van der Waals surface area contributed by atoms with Crippen LogP contribution in [0.1, 0.15) is 67.6 Å². The molecular formula is C28H39N3O2S. The van der Waals surface area contributed by atoms with Crippen molar-refractivity contribution in [2.24, 2.45) is 5.41 Å². The number of carbonyl (C=O) groups is 2. The predicted octanol–water partition coefficient (Wildman–Crippen LogP) is 4.89. The molecule has 6 heteroatoms. The molecule has 2 amide bonds. The van der Waals surface area contributed by atoms with Gasteiger partial charge >= 0.3 is 0 Å². The lowest BCUT2D eigenvalue weighted by molar-refractivity contribution is -0.134. The molecule has 1 aromatic heterocycles. The fraction of sp³-hybridized carbons (Fsp3) is 0.571. The van der Waals surface area contributed by atoms with Crippen molar-refractivity contribution in [2.45, 2.75) is 59.4 Å². The number of hydrogen-bond acceptors (Lipinski definition) is 4. The van der Waals surface area contributed by atoms with E-state index < -0.39 is 0 Å². The van der Waals surface area contributed by atoms with Crippen molar-refractivity contribution in [3.63, 3.8) is 0 Å². The second kappa shape index (κ2) is 10.6. The van der Waals surface area contributed by atoms with Crippen LogP contribution in [0.15, 0.2) is 35.7 Å². The number of aryl methyl sites for hydroxylation is 1. The minimum Gasteiger partial charge on any atom is -0.341 e. The molecule has 0 unspecified atom stereocenters. The van der Waals surface area contributed by atoms with E-state index >= 15 is 0 Å². The molecule has 2 aliphatic heterocycles. The summed E-state index contributed by atoms with van der Waals surface area (Å²) in [6.07, 6.45) is 2.99. The second-order valence-corrected chi connectivity index (χ2v) is 11.9. The molecule has 0 radical (unpaired) electrons. The van der Waals surface area contributed by atoms with Crippen LogP contribution in [-0.2, 0) is 16.0 Å². The molecule has 0 saturated carbocycles. The van der Waals surface area contributed by atoms with Gasteiger partial charge in [0.05, 0.1) is 6.04 Å². The Morgan fingerprint density at radius 2 is 1.65 bits per heavy atom. The van der Waals surface area contributed by atoms with Crippen molar-refractivity contribution in [2.75, 3.05) is 39.3 Å². The van der Waals surface area contributed by atoms with Gasteiger partial charge in [-0.3, -0.25) is 14.5 Å². The maximum absolute atomic E-state index is 13.2. The molecule has 184 valence electrons. The quantitative estimate of drug-likeness (QED) is 0.611. The van der Waals surface area contributed by atoms with Gasteiger partial charge in [-0.2, -0.15) is 0 Å². The van der Waals surface area contributed by atoms with Crippen LogP contribution >= 0.6 is 11.3 Å². The normalized spacial score (nSPS) is 19.6. The lowest BCUT2D eigenvalue weighted by Gasteiger charge is -2.37. The largest absolute Gasteiger partial charge is 0.341 e. The van der Waals surface area contributed by atoms with E-state index in [1.54, 1.807) is 0 Å². The lowest BCUT2D eigenvalue weighted by Crippen LogP contribution is -2.41. The van der Waals surface area contributed by atoms with Gasteiger partial charge < -0.3 is 9.80 Å². The van der Waals surface area contributed by atoms with Crippen molar-refractivity contribution >= 4 is 23.2 Å². The average molecular weight is 482 g/mol. The first-order valence-corrected chi connectivity index (χ1v) is 13.5. The molecule has 2 aromatic rings. The van der Waals surface area contributed by atoms with Crippen LogP contribution in [-0.4, -0.2) is 65.8 Å². The number of rotatable bonds is 5. The zero-order chi connectivity index (χ0) is 24.3. The van der Waals surface area contributed by atoms with Gasteiger partial charge in [0.15, 0.2) is 0 Å². The zero-order valence-electron chi connectivity index (χ0n) is 21.2. The van der Waals surface area contributed by atoms with Crippen molar-refractivity contribution < 1.29 is 9.59 Å². The van der Waals surface area contributed by atoms with Gasteiger partial charge in [-0.05, 0) is 53.3 Å². The Kier molecular flexibility index (Phi) is 7.78. The standard InChI is InChI=1S/C28H39N3O2S/c1-21-8-5-6-9-22(21)27-23-12-19-34-24(23)10-15-31(27)16-11-25(32)29-13-7-14-30(18-17-29)26(33)20-28(2,3)4/h5-6,8-9,12,19,27H,7,10-11,13-18,20H2,1-4H3/t27-/m1/s1. The van der Waals surface area contributed by atoms with E-state index in [1.807, 2.05) is 21.1 Å². The number of carbonyl (C=O) groups excluding carboxylic acids is 2. The monoisotopic (exact) mass is 481 g/mol. The number of nitrogens with zero attached hydrogens (tertiary/aromatic N) is 3. The van der Waals surface area contributed by atoms with Crippen LogP contribution < -0.4 is 0 Å². The first kappa shape index (κ1) is 24.9. The summed E-state index contributed by atoms with van der Waals surface area (Å²) in [7, 11) is 0. The third-order valence-electron chi connectivity index (χ3n) is 7.04. The van der Waals surface area contributed by atoms with E-state index in [4.69, 9.17) is 0 Å². The van der Waals surface area contributed by atoms with Crippen LogP contribution in [0.4, 0.5) is 0 Å². The summed E-state index contributed by atoms with van der Waals surface area (Å²) in [5.74, 6) is 0.424. The Morgan fingerprint density at radius 1 is 0.941 bits per heavy atom. The molecule has 1 fully saturated rings. The highest BCUT2D eigenvalue weighted by Gasteiger charge is 2.31. The van der Waals surface area contributed by atoms with Crippen LogP contribution in [0.3, 0.4) is 0 Å². The zero-order valence-corrected chi connectivity index (χ0v) is 22.0. The summed E-state index contributed by atoms with van der Waals surface area (Å²) in [6, 6.07) is 11.1. The van der Waals surface area contributed by atoms with Crippen molar-refractivity contribution in [3.8, 4) is 0 Å². The Balaban J connectivity index is 1.38. The molecule has 1 atom stereocenters. The smallest absolute Gasteiger partial charge is 0.223 e. The highest BCUT2D eigenvalue weighted by Crippen LogP contribution is 2.38. The lowest BCUT2D eigenvalue weighted by atomic mass is 9.90. The maximum Gasteiger partial charge on any atom is 0.223 e. The molecule has 5 nitrogen and oxygen atoms in total. The summed E-state index contributed by atoms with van der Waals surface area (Å²) in [6.45, 7) is 13.0. The minimum absolute atomic E-state index is 0.0106. The summed E-state index contributed by atoms with van der Waals surface area (Å²) in [4.78, 5) is 33.8. The molecule has 2 aliphatic rings. The molecule has 0 bridgehead atoms. The Hall–Kier alpha value is -2.18. The fourth-order valence-corrected chi connectivity index (χ4v) is 6.15. The maximum atomic E-state index is 13.2. The second-order valence-electron chi connectivity index (χ2n) is 10.9. The van der Waals surface area contributed by atoms with E-state index in [1.165, 1.54) is 21.6 Å². The topological polar surface area (TPSA) is 43.9 Å². The number of amides is 2. The summed E-state index contributed by atoms with van der Waals surface area (Å²) < 4.78 is 0. The van der Waals surface area contributed by atoms with Crippen LogP contribution in [0.25, 0.3) is 0 Å². The number of hydrogen-bond donors (Lipinski definition) is 0. The molecule has 0 N–H and O–H groups in total. The molecule has 1 saturated heterocycles. The SMILES string of the molecule is Cc1ccccc1[C@@H]1c2ccsc2CCN1CCC(=O)N1CCCN(C(=O)CC(C)(C)C)CC1. The minimum atomic E-state index is -0.0106. The van der Waals surface area contributed by atoms with Crippen molar-refractivity contribution in [1.82, 2.24) is 14.7 Å².